The van der Waals surface area contributed by atoms with Crippen molar-refractivity contribution in [3.8, 4) is 0 Å². The molecule has 1 aromatic heterocycles. The third kappa shape index (κ3) is 2.38. The van der Waals surface area contributed by atoms with Crippen LogP contribution in [-0.4, -0.2) is 62.1 Å². The lowest BCUT2D eigenvalue weighted by molar-refractivity contribution is -0.0815. The van der Waals surface area contributed by atoms with E-state index in [0.29, 0.717) is 18.7 Å². The first-order valence-electron chi connectivity index (χ1n) is 6.51. The Kier molecular flexibility index (Phi) is 3.27. The van der Waals surface area contributed by atoms with Crippen molar-refractivity contribution >= 4 is 0 Å². The van der Waals surface area contributed by atoms with Gasteiger partial charge in [0.15, 0.2) is 5.82 Å². The molecule has 0 spiro atoms. The largest absolute Gasteiger partial charge is 0.394 e. The molecule has 100 valence electrons. The SMILES string of the molecule is CC1COC(CO)CN1Cc1nnnn1C1CC1. The minimum atomic E-state index is -0.0912. The summed E-state index contributed by atoms with van der Waals surface area (Å²) in [5.41, 5.74) is 0. The number of aromatic nitrogens is 4. The molecule has 0 amide bonds. The van der Waals surface area contributed by atoms with Gasteiger partial charge in [0.25, 0.3) is 0 Å². The molecule has 0 aromatic carbocycles. The fraction of sp³-hybridized carbons (Fsp3) is 0.909. The molecule has 1 aliphatic carbocycles. The maximum atomic E-state index is 9.18. The van der Waals surface area contributed by atoms with Gasteiger partial charge in [0, 0.05) is 12.6 Å². The number of nitrogens with zero attached hydrogens (tertiary/aromatic N) is 5. The van der Waals surface area contributed by atoms with Gasteiger partial charge >= 0.3 is 0 Å². The van der Waals surface area contributed by atoms with Gasteiger partial charge in [-0.05, 0) is 30.2 Å². The van der Waals surface area contributed by atoms with Crippen LogP contribution in [0.3, 0.4) is 0 Å². The molecule has 3 rings (SSSR count). The molecule has 0 bridgehead atoms. The molecule has 2 fully saturated rings. The second kappa shape index (κ2) is 4.91. The standard InChI is InChI=1S/C11H19N5O2/c1-8-7-18-10(6-17)4-15(8)5-11-12-13-14-16(11)9-2-3-9/h8-10,17H,2-7H2,1H3. The molecular weight excluding hydrogens is 234 g/mol. The average molecular weight is 253 g/mol. The van der Waals surface area contributed by atoms with Gasteiger partial charge in [-0.3, -0.25) is 4.90 Å². The molecule has 2 aliphatic rings. The molecule has 1 aliphatic heterocycles. The van der Waals surface area contributed by atoms with E-state index in [4.69, 9.17) is 4.74 Å². The number of aliphatic hydroxyl groups excluding tert-OH is 1. The lowest BCUT2D eigenvalue weighted by atomic mass is 10.2. The first kappa shape index (κ1) is 12.0. The maximum absolute atomic E-state index is 9.18. The van der Waals surface area contributed by atoms with E-state index in [-0.39, 0.29) is 12.7 Å². The lowest BCUT2D eigenvalue weighted by Crippen LogP contribution is -2.49. The minimum absolute atomic E-state index is 0.0663. The number of ether oxygens (including phenoxy) is 1. The molecule has 2 atom stereocenters. The monoisotopic (exact) mass is 253 g/mol. The van der Waals surface area contributed by atoms with Crippen molar-refractivity contribution in [2.45, 2.75) is 44.5 Å². The van der Waals surface area contributed by atoms with Crippen molar-refractivity contribution in [1.29, 1.82) is 0 Å². The third-order valence-electron chi connectivity index (χ3n) is 3.64. The smallest absolute Gasteiger partial charge is 0.165 e. The van der Waals surface area contributed by atoms with E-state index >= 15 is 0 Å². The van der Waals surface area contributed by atoms with Crippen molar-refractivity contribution in [2.24, 2.45) is 0 Å². The van der Waals surface area contributed by atoms with Gasteiger partial charge in [-0.2, -0.15) is 0 Å². The molecule has 18 heavy (non-hydrogen) atoms. The van der Waals surface area contributed by atoms with Crippen LogP contribution < -0.4 is 0 Å². The van der Waals surface area contributed by atoms with Crippen molar-refractivity contribution in [3.05, 3.63) is 5.82 Å². The second-order valence-corrected chi connectivity index (χ2v) is 5.19. The van der Waals surface area contributed by atoms with Crippen molar-refractivity contribution in [3.63, 3.8) is 0 Å². The molecular formula is C11H19N5O2. The molecule has 7 heteroatoms. The Hall–Kier alpha value is -1.05. The Morgan fingerprint density at radius 3 is 3.00 bits per heavy atom. The highest BCUT2D eigenvalue weighted by Crippen LogP contribution is 2.34. The van der Waals surface area contributed by atoms with Crippen LogP contribution in [0.25, 0.3) is 0 Å². The Balaban J connectivity index is 1.68. The number of rotatable bonds is 4. The second-order valence-electron chi connectivity index (χ2n) is 5.19. The van der Waals surface area contributed by atoms with Crippen LogP contribution in [0.4, 0.5) is 0 Å². The van der Waals surface area contributed by atoms with Gasteiger partial charge in [0.05, 0.1) is 31.9 Å². The summed E-state index contributed by atoms with van der Waals surface area (Å²) in [4.78, 5) is 2.27. The first-order valence-corrected chi connectivity index (χ1v) is 6.51. The number of morpholine rings is 1. The quantitative estimate of drug-likeness (QED) is 0.786. The van der Waals surface area contributed by atoms with E-state index in [2.05, 4.69) is 27.3 Å². The van der Waals surface area contributed by atoms with Gasteiger partial charge < -0.3 is 9.84 Å². The van der Waals surface area contributed by atoms with E-state index in [1.165, 1.54) is 12.8 Å². The number of hydrogen-bond acceptors (Lipinski definition) is 6. The van der Waals surface area contributed by atoms with Gasteiger partial charge in [-0.25, -0.2) is 4.68 Å². The predicted octanol–water partition coefficient (Wildman–Crippen LogP) is -0.410. The molecule has 1 aromatic rings. The zero-order valence-electron chi connectivity index (χ0n) is 10.6. The summed E-state index contributed by atoms with van der Waals surface area (Å²) in [6.07, 6.45) is 2.26. The normalized spacial score (nSPS) is 29.7. The van der Waals surface area contributed by atoms with Crippen LogP contribution >= 0.6 is 0 Å². The van der Waals surface area contributed by atoms with Gasteiger partial charge in [-0.15, -0.1) is 5.10 Å². The third-order valence-corrected chi connectivity index (χ3v) is 3.64. The summed E-state index contributed by atoms with van der Waals surface area (Å²) in [6, 6.07) is 0.831. The van der Waals surface area contributed by atoms with Crippen LogP contribution in [-0.2, 0) is 11.3 Å². The summed E-state index contributed by atoms with van der Waals surface area (Å²) < 4.78 is 7.47. The highest BCUT2D eigenvalue weighted by molar-refractivity contribution is 4.92. The Morgan fingerprint density at radius 2 is 2.28 bits per heavy atom. The van der Waals surface area contributed by atoms with Crippen LogP contribution in [0.5, 0.6) is 0 Å². The van der Waals surface area contributed by atoms with Gasteiger partial charge in [-0.1, -0.05) is 0 Å². The summed E-state index contributed by atoms with van der Waals surface area (Å²) in [5.74, 6) is 0.919. The number of aliphatic hydroxyl groups is 1. The average Bonchev–Trinajstić information content (AvgIpc) is 3.13. The first-order chi connectivity index (χ1) is 8.78. The highest BCUT2D eigenvalue weighted by Gasteiger charge is 2.31. The van der Waals surface area contributed by atoms with E-state index in [9.17, 15) is 5.11 Å². The molecule has 2 unspecified atom stereocenters. The van der Waals surface area contributed by atoms with Gasteiger partial charge in [0.1, 0.15) is 0 Å². The molecule has 1 N–H and O–H groups in total. The van der Waals surface area contributed by atoms with Crippen LogP contribution in [0.15, 0.2) is 0 Å². The van der Waals surface area contributed by atoms with Crippen LogP contribution in [0, 0.1) is 0 Å². The summed E-state index contributed by atoms with van der Waals surface area (Å²) in [5, 5.41) is 21.1. The van der Waals surface area contributed by atoms with Crippen molar-refractivity contribution in [1.82, 2.24) is 25.1 Å². The summed E-state index contributed by atoms with van der Waals surface area (Å²) in [7, 11) is 0. The van der Waals surface area contributed by atoms with E-state index < -0.39 is 0 Å². The summed E-state index contributed by atoms with van der Waals surface area (Å²) in [6.45, 7) is 4.30. The zero-order chi connectivity index (χ0) is 12.5. The topological polar surface area (TPSA) is 76.3 Å². The molecule has 2 heterocycles. The fourth-order valence-corrected chi connectivity index (χ4v) is 2.31. The lowest BCUT2D eigenvalue weighted by Gasteiger charge is -2.36. The Labute approximate surface area is 106 Å². The van der Waals surface area contributed by atoms with Crippen LogP contribution in [0.2, 0.25) is 0 Å². The van der Waals surface area contributed by atoms with E-state index in [1.54, 1.807) is 0 Å². The molecule has 7 nitrogen and oxygen atoms in total. The summed E-state index contributed by atoms with van der Waals surface area (Å²) >= 11 is 0. The Bertz CT molecular complexity index is 406. The fourth-order valence-electron chi connectivity index (χ4n) is 2.31. The number of tetrazole rings is 1. The van der Waals surface area contributed by atoms with Crippen LogP contribution in [0.1, 0.15) is 31.6 Å². The molecule has 1 saturated heterocycles. The van der Waals surface area contributed by atoms with E-state index in [1.807, 2.05) is 4.68 Å². The molecule has 0 radical (unpaired) electrons. The van der Waals surface area contributed by atoms with Crippen molar-refractivity contribution in [2.75, 3.05) is 19.8 Å². The van der Waals surface area contributed by atoms with Crippen molar-refractivity contribution < 1.29 is 9.84 Å². The maximum Gasteiger partial charge on any atom is 0.165 e. The highest BCUT2D eigenvalue weighted by atomic mass is 16.5. The van der Waals surface area contributed by atoms with E-state index in [0.717, 1.165) is 18.9 Å². The minimum Gasteiger partial charge on any atom is -0.394 e. The zero-order valence-corrected chi connectivity index (χ0v) is 10.6. The predicted molar refractivity (Wildman–Crippen MR) is 62.8 cm³/mol. The molecule has 1 saturated carbocycles. The van der Waals surface area contributed by atoms with Gasteiger partial charge in [0.2, 0.25) is 0 Å². The Morgan fingerprint density at radius 1 is 1.44 bits per heavy atom. The number of hydrogen-bond donors (Lipinski definition) is 1.